The molecule has 1 aliphatic heterocycles. The van der Waals surface area contributed by atoms with Crippen LogP contribution in [0, 0.1) is 0 Å². The number of rotatable bonds is 4. The van der Waals surface area contributed by atoms with Crippen LogP contribution in [0.15, 0.2) is 18.3 Å². The summed E-state index contributed by atoms with van der Waals surface area (Å²) < 4.78 is 41.4. The van der Waals surface area contributed by atoms with Gasteiger partial charge in [0.05, 0.1) is 0 Å². The van der Waals surface area contributed by atoms with E-state index in [0.717, 1.165) is 0 Å². The van der Waals surface area contributed by atoms with Gasteiger partial charge in [-0.2, -0.15) is 13.2 Å². The van der Waals surface area contributed by atoms with E-state index in [9.17, 15) is 22.8 Å². The third kappa shape index (κ3) is 3.91. The maximum absolute atomic E-state index is 12.5. The van der Waals surface area contributed by atoms with Crippen LogP contribution in [0.1, 0.15) is 16.8 Å². The molecule has 2 heterocycles. The zero-order valence-electron chi connectivity index (χ0n) is 12.6. The molecule has 0 spiro atoms. The third-order valence-electron chi connectivity index (χ3n) is 3.56. The van der Waals surface area contributed by atoms with E-state index in [-0.39, 0.29) is 11.5 Å². The standard InChI is InChI=1S/C14H16F3N3O3/c1-19-7-5-10(13(19)22)20(2)12(21)9-4-3-6-18-11(9)23-8-14(15,16)17/h3-4,6,10H,5,7-8H2,1-2H3/t10-/m1/s1. The van der Waals surface area contributed by atoms with E-state index in [4.69, 9.17) is 0 Å². The van der Waals surface area contributed by atoms with E-state index in [0.29, 0.717) is 13.0 Å². The number of alkyl halides is 3. The molecule has 6 nitrogen and oxygen atoms in total. The van der Waals surface area contributed by atoms with Crippen molar-refractivity contribution in [1.82, 2.24) is 14.8 Å². The lowest BCUT2D eigenvalue weighted by Crippen LogP contribution is -2.42. The van der Waals surface area contributed by atoms with Gasteiger partial charge in [-0.15, -0.1) is 0 Å². The molecule has 0 bridgehead atoms. The first-order valence-electron chi connectivity index (χ1n) is 6.87. The molecule has 1 saturated heterocycles. The Bertz CT molecular complexity index is 606. The highest BCUT2D eigenvalue weighted by molar-refractivity contribution is 5.99. The van der Waals surface area contributed by atoms with Gasteiger partial charge in [-0.05, 0) is 18.6 Å². The second-order valence-electron chi connectivity index (χ2n) is 5.24. The van der Waals surface area contributed by atoms with Crippen LogP contribution in [0.4, 0.5) is 13.2 Å². The molecule has 2 rings (SSSR count). The number of carbonyl (C=O) groups is 2. The summed E-state index contributed by atoms with van der Waals surface area (Å²) in [5, 5.41) is 0. The molecule has 0 unspecified atom stereocenters. The Labute approximate surface area is 130 Å². The van der Waals surface area contributed by atoms with Crippen molar-refractivity contribution in [3.63, 3.8) is 0 Å². The van der Waals surface area contributed by atoms with Gasteiger partial charge in [0.1, 0.15) is 11.6 Å². The number of likely N-dealkylation sites (N-methyl/N-ethyl adjacent to an activating group) is 2. The molecular formula is C14H16F3N3O3. The van der Waals surface area contributed by atoms with Crippen molar-refractivity contribution in [2.24, 2.45) is 0 Å². The van der Waals surface area contributed by atoms with E-state index in [1.54, 1.807) is 7.05 Å². The fourth-order valence-corrected chi connectivity index (χ4v) is 2.31. The number of hydrogen-bond donors (Lipinski definition) is 0. The van der Waals surface area contributed by atoms with Crippen LogP contribution in [-0.4, -0.2) is 66.1 Å². The van der Waals surface area contributed by atoms with Gasteiger partial charge in [0, 0.05) is 26.8 Å². The van der Waals surface area contributed by atoms with E-state index in [1.807, 2.05) is 0 Å². The van der Waals surface area contributed by atoms with Gasteiger partial charge in [-0.3, -0.25) is 9.59 Å². The minimum atomic E-state index is -4.53. The van der Waals surface area contributed by atoms with E-state index < -0.39 is 30.6 Å². The molecule has 2 amide bonds. The first kappa shape index (κ1) is 17.0. The number of amides is 2. The SMILES string of the molecule is CN1CC[C@@H](N(C)C(=O)c2cccnc2OCC(F)(F)F)C1=O. The summed E-state index contributed by atoms with van der Waals surface area (Å²) in [6.07, 6.45) is -2.83. The Kier molecular flexibility index (Phi) is 4.76. The van der Waals surface area contributed by atoms with Gasteiger partial charge in [0.15, 0.2) is 6.61 Å². The van der Waals surface area contributed by atoms with Gasteiger partial charge in [0.2, 0.25) is 11.8 Å². The highest BCUT2D eigenvalue weighted by atomic mass is 19.4. The summed E-state index contributed by atoms with van der Waals surface area (Å²) in [6, 6.07) is 2.10. The molecule has 23 heavy (non-hydrogen) atoms. The van der Waals surface area contributed by atoms with Crippen LogP contribution in [0.25, 0.3) is 0 Å². The normalized spacial score (nSPS) is 18.2. The summed E-state index contributed by atoms with van der Waals surface area (Å²) >= 11 is 0. The lowest BCUT2D eigenvalue weighted by molar-refractivity contribution is -0.154. The lowest BCUT2D eigenvalue weighted by atomic mass is 10.1. The van der Waals surface area contributed by atoms with Crippen LogP contribution in [0.5, 0.6) is 5.88 Å². The highest BCUT2D eigenvalue weighted by Gasteiger charge is 2.36. The first-order valence-corrected chi connectivity index (χ1v) is 6.87. The molecule has 126 valence electrons. The molecule has 1 aliphatic rings. The number of likely N-dealkylation sites (tertiary alicyclic amines) is 1. The number of ether oxygens (including phenoxy) is 1. The summed E-state index contributed by atoms with van der Waals surface area (Å²) in [7, 11) is 3.06. The van der Waals surface area contributed by atoms with Crippen LogP contribution >= 0.6 is 0 Å². The van der Waals surface area contributed by atoms with Crippen molar-refractivity contribution >= 4 is 11.8 Å². The maximum atomic E-state index is 12.5. The van der Waals surface area contributed by atoms with Crippen LogP contribution in [-0.2, 0) is 4.79 Å². The molecule has 9 heteroatoms. The van der Waals surface area contributed by atoms with Gasteiger partial charge in [-0.25, -0.2) is 4.98 Å². The fraction of sp³-hybridized carbons (Fsp3) is 0.500. The average Bonchev–Trinajstić information content (AvgIpc) is 2.83. The molecule has 0 aliphatic carbocycles. The van der Waals surface area contributed by atoms with E-state index in [1.165, 1.54) is 35.2 Å². The van der Waals surface area contributed by atoms with Crippen molar-refractivity contribution in [2.75, 3.05) is 27.2 Å². The molecule has 1 aromatic heterocycles. The largest absolute Gasteiger partial charge is 0.467 e. The summed E-state index contributed by atoms with van der Waals surface area (Å²) in [5.41, 5.74) is -0.110. The summed E-state index contributed by atoms with van der Waals surface area (Å²) in [5.74, 6) is -1.22. The quantitative estimate of drug-likeness (QED) is 0.835. The van der Waals surface area contributed by atoms with Crippen LogP contribution < -0.4 is 4.74 Å². The van der Waals surface area contributed by atoms with Gasteiger partial charge >= 0.3 is 6.18 Å². The second-order valence-corrected chi connectivity index (χ2v) is 5.24. The lowest BCUT2D eigenvalue weighted by Gasteiger charge is -2.23. The molecular weight excluding hydrogens is 315 g/mol. The minimum Gasteiger partial charge on any atom is -0.467 e. The van der Waals surface area contributed by atoms with E-state index >= 15 is 0 Å². The summed E-state index contributed by atoms with van der Waals surface area (Å²) in [4.78, 5) is 30.8. The predicted molar refractivity (Wildman–Crippen MR) is 73.9 cm³/mol. The Hall–Kier alpha value is -2.32. The van der Waals surface area contributed by atoms with Crippen LogP contribution in [0.2, 0.25) is 0 Å². The van der Waals surface area contributed by atoms with Gasteiger partial charge in [0.25, 0.3) is 5.91 Å². The number of halogens is 3. The number of pyridine rings is 1. The maximum Gasteiger partial charge on any atom is 0.422 e. The van der Waals surface area contributed by atoms with Crippen LogP contribution in [0.3, 0.4) is 0 Å². The molecule has 1 aromatic rings. The topological polar surface area (TPSA) is 62.7 Å². The summed E-state index contributed by atoms with van der Waals surface area (Å²) in [6.45, 7) is -1.02. The Morgan fingerprint density at radius 1 is 1.52 bits per heavy atom. The fourth-order valence-electron chi connectivity index (χ4n) is 2.31. The van der Waals surface area contributed by atoms with Crippen molar-refractivity contribution in [3.05, 3.63) is 23.9 Å². The highest BCUT2D eigenvalue weighted by Crippen LogP contribution is 2.23. The number of hydrogen-bond acceptors (Lipinski definition) is 4. The number of nitrogens with zero attached hydrogens (tertiary/aromatic N) is 3. The smallest absolute Gasteiger partial charge is 0.422 e. The Morgan fingerprint density at radius 2 is 2.22 bits per heavy atom. The minimum absolute atomic E-state index is 0.110. The molecule has 0 saturated carbocycles. The van der Waals surface area contributed by atoms with Crippen molar-refractivity contribution in [2.45, 2.75) is 18.6 Å². The molecule has 0 radical (unpaired) electrons. The second kappa shape index (κ2) is 6.43. The first-order chi connectivity index (χ1) is 10.7. The molecule has 0 aromatic carbocycles. The Balaban J connectivity index is 2.17. The monoisotopic (exact) mass is 331 g/mol. The molecule has 1 fully saturated rings. The van der Waals surface area contributed by atoms with Gasteiger partial charge in [-0.1, -0.05) is 0 Å². The van der Waals surface area contributed by atoms with Gasteiger partial charge < -0.3 is 14.5 Å². The Morgan fingerprint density at radius 3 is 2.78 bits per heavy atom. The van der Waals surface area contributed by atoms with Crippen molar-refractivity contribution < 1.29 is 27.5 Å². The van der Waals surface area contributed by atoms with Crippen molar-refractivity contribution in [1.29, 1.82) is 0 Å². The molecule has 0 N–H and O–H groups in total. The molecule has 1 atom stereocenters. The zero-order chi connectivity index (χ0) is 17.2. The van der Waals surface area contributed by atoms with Crippen molar-refractivity contribution in [3.8, 4) is 5.88 Å². The number of aromatic nitrogens is 1. The average molecular weight is 331 g/mol. The van der Waals surface area contributed by atoms with E-state index in [2.05, 4.69) is 9.72 Å². The number of carbonyl (C=O) groups excluding carboxylic acids is 2. The third-order valence-corrected chi connectivity index (χ3v) is 3.56. The predicted octanol–water partition coefficient (Wildman–Crippen LogP) is 1.33. The zero-order valence-corrected chi connectivity index (χ0v) is 12.6.